The van der Waals surface area contributed by atoms with Crippen molar-refractivity contribution in [3.63, 3.8) is 0 Å². The number of fused-ring (bicyclic) bond motifs is 1. The van der Waals surface area contributed by atoms with Crippen LogP contribution in [0.25, 0.3) is 10.9 Å². The van der Waals surface area contributed by atoms with Crippen LogP contribution in [-0.4, -0.2) is 45.2 Å². The van der Waals surface area contributed by atoms with Crippen molar-refractivity contribution < 1.29 is 29.3 Å². The minimum absolute atomic E-state index is 0.111. The van der Waals surface area contributed by atoms with Gasteiger partial charge in [-0.1, -0.05) is 6.07 Å². The Labute approximate surface area is 145 Å². The number of ether oxygens (including phenoxy) is 2. The van der Waals surface area contributed by atoms with Gasteiger partial charge >= 0.3 is 12.1 Å². The van der Waals surface area contributed by atoms with Gasteiger partial charge in [-0.15, -0.1) is 0 Å². The summed E-state index contributed by atoms with van der Waals surface area (Å²) in [7, 11) is 0. The van der Waals surface area contributed by atoms with E-state index in [0.29, 0.717) is 16.5 Å². The van der Waals surface area contributed by atoms with Gasteiger partial charge in [0.15, 0.2) is 6.10 Å². The van der Waals surface area contributed by atoms with Gasteiger partial charge in [0, 0.05) is 11.6 Å². The number of aliphatic hydroxyl groups is 2. The molecular weight excluding hydrogens is 326 g/mol. The first-order valence-corrected chi connectivity index (χ1v) is 8.01. The van der Waals surface area contributed by atoms with Crippen molar-refractivity contribution in [3.05, 3.63) is 36.0 Å². The topological polar surface area (TPSA) is 98.0 Å². The number of hydrogen-bond donors (Lipinski definition) is 2. The van der Waals surface area contributed by atoms with Crippen molar-refractivity contribution in [1.29, 1.82) is 0 Å². The lowest BCUT2D eigenvalue weighted by atomic mass is 10.0. The van der Waals surface area contributed by atoms with Crippen molar-refractivity contribution in [2.45, 2.75) is 45.5 Å². The summed E-state index contributed by atoms with van der Waals surface area (Å²) < 4.78 is 11.4. The molecule has 0 aliphatic rings. The summed E-state index contributed by atoms with van der Waals surface area (Å²) in [4.78, 5) is 23.8. The number of benzene rings is 1. The fourth-order valence-corrected chi connectivity index (χ4v) is 2.35. The zero-order chi connectivity index (χ0) is 18.8. The molecule has 0 saturated heterocycles. The molecule has 0 aliphatic carbocycles. The number of rotatable bonds is 4. The predicted molar refractivity (Wildman–Crippen MR) is 91.2 cm³/mol. The van der Waals surface area contributed by atoms with Gasteiger partial charge in [0.05, 0.1) is 12.1 Å². The molecule has 7 nitrogen and oxygen atoms in total. The number of hydrogen-bond acceptors (Lipinski definition) is 6. The van der Waals surface area contributed by atoms with E-state index in [1.165, 1.54) is 10.6 Å². The Bertz CT molecular complexity index is 773. The first-order valence-electron chi connectivity index (χ1n) is 8.01. The van der Waals surface area contributed by atoms with E-state index in [4.69, 9.17) is 9.47 Å². The van der Waals surface area contributed by atoms with Crippen LogP contribution in [0.3, 0.4) is 0 Å². The van der Waals surface area contributed by atoms with Crippen LogP contribution in [-0.2, 0) is 14.3 Å². The third kappa shape index (κ3) is 4.37. The third-order valence-electron chi connectivity index (χ3n) is 3.47. The zero-order valence-corrected chi connectivity index (χ0v) is 14.7. The second-order valence-corrected chi connectivity index (χ2v) is 6.63. The Hall–Kier alpha value is -2.38. The first-order chi connectivity index (χ1) is 11.6. The minimum atomic E-state index is -1.68. The van der Waals surface area contributed by atoms with Crippen LogP contribution >= 0.6 is 0 Å². The molecule has 0 aliphatic heterocycles. The van der Waals surface area contributed by atoms with Gasteiger partial charge in [0.1, 0.15) is 11.7 Å². The summed E-state index contributed by atoms with van der Waals surface area (Å²) in [5, 5.41) is 20.7. The highest BCUT2D eigenvalue weighted by molar-refractivity contribution is 5.90. The smallest absolute Gasteiger partial charge is 0.418 e. The Balaban J connectivity index is 2.27. The Morgan fingerprint density at radius 2 is 1.88 bits per heavy atom. The standard InChI is InChI=1S/C18H23NO6/c1-5-24-16(22)15(21)14(20)12-6-7-13-11(10-12)8-9-19(13)17(23)25-18(2,3)4/h6-10,14-15,20-21H,5H2,1-4H3. The van der Waals surface area contributed by atoms with E-state index in [9.17, 15) is 19.8 Å². The molecule has 136 valence electrons. The van der Waals surface area contributed by atoms with Crippen LogP contribution < -0.4 is 0 Å². The number of carbonyl (C=O) groups excluding carboxylic acids is 2. The van der Waals surface area contributed by atoms with Gasteiger partial charge in [0.2, 0.25) is 0 Å². The zero-order valence-electron chi connectivity index (χ0n) is 14.7. The van der Waals surface area contributed by atoms with Gasteiger partial charge in [-0.25, -0.2) is 9.59 Å². The van der Waals surface area contributed by atoms with Crippen LogP contribution in [0, 0.1) is 0 Å². The second kappa shape index (κ2) is 7.25. The highest BCUT2D eigenvalue weighted by atomic mass is 16.6. The largest absolute Gasteiger partial charge is 0.464 e. The second-order valence-electron chi connectivity index (χ2n) is 6.63. The lowest BCUT2D eigenvalue weighted by molar-refractivity contribution is -0.159. The van der Waals surface area contributed by atoms with Crippen molar-refractivity contribution >= 4 is 23.0 Å². The molecule has 2 rings (SSSR count). The third-order valence-corrected chi connectivity index (χ3v) is 3.47. The minimum Gasteiger partial charge on any atom is -0.464 e. The van der Waals surface area contributed by atoms with Crippen molar-refractivity contribution in [2.24, 2.45) is 0 Å². The van der Waals surface area contributed by atoms with Crippen LogP contribution in [0.5, 0.6) is 0 Å². The molecule has 25 heavy (non-hydrogen) atoms. The van der Waals surface area contributed by atoms with Gasteiger partial charge in [-0.2, -0.15) is 0 Å². The summed E-state index contributed by atoms with van der Waals surface area (Å²) in [5.74, 6) is -0.888. The normalized spacial score (nSPS) is 14.2. The molecular formula is C18H23NO6. The lowest BCUT2D eigenvalue weighted by Gasteiger charge is -2.20. The molecule has 2 N–H and O–H groups in total. The lowest BCUT2D eigenvalue weighted by Crippen LogP contribution is -2.29. The maximum Gasteiger partial charge on any atom is 0.418 e. The fraction of sp³-hybridized carbons (Fsp3) is 0.444. The molecule has 1 aromatic carbocycles. The summed E-state index contributed by atoms with van der Waals surface area (Å²) in [6, 6.07) is 6.45. The van der Waals surface area contributed by atoms with E-state index in [1.807, 2.05) is 0 Å². The molecule has 0 spiro atoms. The van der Waals surface area contributed by atoms with Crippen molar-refractivity contribution in [3.8, 4) is 0 Å². The van der Waals surface area contributed by atoms with Gasteiger partial charge in [-0.3, -0.25) is 4.57 Å². The molecule has 0 bridgehead atoms. The monoisotopic (exact) mass is 349 g/mol. The fourth-order valence-electron chi connectivity index (χ4n) is 2.35. The molecule has 2 atom stereocenters. The van der Waals surface area contributed by atoms with Gasteiger partial charge in [-0.05, 0) is 51.5 Å². The molecule has 2 aromatic rings. The maximum atomic E-state index is 12.2. The molecule has 0 radical (unpaired) electrons. The summed E-state index contributed by atoms with van der Waals surface area (Å²) in [5.41, 5.74) is 0.318. The SMILES string of the molecule is CCOC(=O)C(O)C(O)c1ccc2c(ccn2C(=O)OC(C)(C)C)c1. The van der Waals surface area contributed by atoms with Gasteiger partial charge < -0.3 is 19.7 Å². The summed E-state index contributed by atoms with van der Waals surface area (Å²) in [6.45, 7) is 7.06. The average Bonchev–Trinajstić information content (AvgIpc) is 2.95. The number of aromatic nitrogens is 1. The van der Waals surface area contributed by atoms with E-state index in [2.05, 4.69) is 0 Å². The number of carbonyl (C=O) groups is 2. The quantitative estimate of drug-likeness (QED) is 0.823. The van der Waals surface area contributed by atoms with E-state index >= 15 is 0 Å². The molecule has 0 fully saturated rings. The molecule has 0 amide bonds. The van der Waals surface area contributed by atoms with E-state index < -0.39 is 29.9 Å². The van der Waals surface area contributed by atoms with E-state index in [0.717, 1.165) is 0 Å². The predicted octanol–water partition coefficient (Wildman–Crippen LogP) is 2.38. The molecule has 2 unspecified atom stereocenters. The average molecular weight is 349 g/mol. The van der Waals surface area contributed by atoms with E-state index in [-0.39, 0.29) is 6.61 Å². The maximum absolute atomic E-state index is 12.2. The highest BCUT2D eigenvalue weighted by Crippen LogP contribution is 2.25. The van der Waals surface area contributed by atoms with Crippen LogP contribution in [0.15, 0.2) is 30.5 Å². The molecule has 7 heteroatoms. The number of esters is 1. The Morgan fingerprint density at radius 3 is 2.48 bits per heavy atom. The summed E-state index contributed by atoms with van der Waals surface area (Å²) in [6.07, 6.45) is -2.04. The van der Waals surface area contributed by atoms with Crippen LogP contribution in [0.4, 0.5) is 4.79 Å². The summed E-state index contributed by atoms with van der Waals surface area (Å²) >= 11 is 0. The van der Waals surface area contributed by atoms with Crippen molar-refractivity contribution in [2.75, 3.05) is 6.61 Å². The van der Waals surface area contributed by atoms with Crippen LogP contribution in [0.2, 0.25) is 0 Å². The Kier molecular flexibility index (Phi) is 5.49. The highest BCUT2D eigenvalue weighted by Gasteiger charge is 2.27. The van der Waals surface area contributed by atoms with Gasteiger partial charge in [0.25, 0.3) is 0 Å². The molecule has 1 aromatic heterocycles. The van der Waals surface area contributed by atoms with Crippen LogP contribution in [0.1, 0.15) is 39.4 Å². The Morgan fingerprint density at radius 1 is 1.20 bits per heavy atom. The number of aliphatic hydroxyl groups excluding tert-OH is 2. The molecule has 1 heterocycles. The van der Waals surface area contributed by atoms with Crippen molar-refractivity contribution in [1.82, 2.24) is 4.57 Å². The van der Waals surface area contributed by atoms with E-state index in [1.54, 1.807) is 52.1 Å². The molecule has 0 saturated carbocycles. The first kappa shape index (κ1) is 19.0. The number of nitrogens with zero attached hydrogens (tertiary/aromatic N) is 1.